The van der Waals surface area contributed by atoms with Gasteiger partial charge in [0.2, 0.25) is 0 Å². The van der Waals surface area contributed by atoms with Crippen molar-refractivity contribution < 1.29 is 32.2 Å². The number of amides is 1. The number of halogens is 3. The Bertz CT molecular complexity index is 953. The Morgan fingerprint density at radius 2 is 2.06 bits per heavy atom. The van der Waals surface area contributed by atoms with Crippen LogP contribution >= 0.6 is 0 Å². The third-order valence-corrected chi connectivity index (χ3v) is 6.05. The molecule has 0 spiro atoms. The number of hydrogen-bond acceptors (Lipinski definition) is 6. The fourth-order valence-corrected chi connectivity index (χ4v) is 4.26. The average molecular weight is 468 g/mol. The van der Waals surface area contributed by atoms with E-state index >= 15 is 0 Å². The molecule has 1 N–H and O–H groups in total. The van der Waals surface area contributed by atoms with Gasteiger partial charge >= 0.3 is 6.18 Å². The highest BCUT2D eigenvalue weighted by Crippen LogP contribution is 2.31. The molecule has 0 radical (unpaired) electrons. The molecule has 1 aromatic carbocycles. The van der Waals surface area contributed by atoms with Crippen molar-refractivity contribution in [1.82, 2.24) is 20.0 Å². The first-order valence-electron chi connectivity index (χ1n) is 10.9. The number of benzene rings is 1. The summed E-state index contributed by atoms with van der Waals surface area (Å²) in [5.41, 5.74) is -0.609. The van der Waals surface area contributed by atoms with Crippen LogP contribution in [0.5, 0.6) is 5.75 Å². The molecule has 1 aromatic heterocycles. The number of morpholine rings is 1. The number of carbonyl (C=O) groups is 1. The van der Waals surface area contributed by atoms with E-state index in [9.17, 15) is 18.0 Å². The lowest BCUT2D eigenvalue weighted by Crippen LogP contribution is -2.52. The molecule has 0 saturated carbocycles. The predicted octanol–water partition coefficient (Wildman–Crippen LogP) is 2.37. The van der Waals surface area contributed by atoms with Crippen molar-refractivity contribution in [2.45, 2.75) is 18.6 Å². The highest BCUT2D eigenvalue weighted by Gasteiger charge is 2.33. The van der Waals surface area contributed by atoms with Gasteiger partial charge in [0.05, 0.1) is 44.4 Å². The Morgan fingerprint density at radius 1 is 1.27 bits per heavy atom. The fraction of sp³-hybridized carbons (Fsp3) is 0.545. The van der Waals surface area contributed by atoms with Gasteiger partial charge in [0, 0.05) is 38.2 Å². The summed E-state index contributed by atoms with van der Waals surface area (Å²) in [5, 5.41) is 7.15. The van der Waals surface area contributed by atoms with Gasteiger partial charge in [-0.1, -0.05) is 6.07 Å². The molecule has 4 rings (SSSR count). The van der Waals surface area contributed by atoms with Gasteiger partial charge in [-0.05, 0) is 24.6 Å². The highest BCUT2D eigenvalue weighted by molar-refractivity contribution is 5.95. The second kappa shape index (κ2) is 10.1. The summed E-state index contributed by atoms with van der Waals surface area (Å²) >= 11 is 0. The Morgan fingerprint density at radius 3 is 2.73 bits per heavy atom. The lowest BCUT2D eigenvalue weighted by molar-refractivity contribution is -0.137. The van der Waals surface area contributed by atoms with Crippen LogP contribution in [0.3, 0.4) is 0 Å². The van der Waals surface area contributed by atoms with Crippen molar-refractivity contribution in [1.29, 1.82) is 0 Å². The van der Waals surface area contributed by atoms with Gasteiger partial charge in [0.1, 0.15) is 0 Å². The van der Waals surface area contributed by atoms with E-state index in [2.05, 4.69) is 15.3 Å². The van der Waals surface area contributed by atoms with Crippen LogP contribution < -0.4 is 10.1 Å². The molecule has 3 heterocycles. The van der Waals surface area contributed by atoms with Gasteiger partial charge in [-0.25, -0.2) is 4.68 Å². The molecule has 8 nitrogen and oxygen atoms in total. The van der Waals surface area contributed by atoms with Crippen LogP contribution in [-0.2, 0) is 15.7 Å². The predicted molar refractivity (Wildman–Crippen MR) is 113 cm³/mol. The number of nitrogens with zero attached hydrogens (tertiary/aromatic N) is 3. The first-order valence-corrected chi connectivity index (χ1v) is 10.9. The van der Waals surface area contributed by atoms with Gasteiger partial charge in [-0.3, -0.25) is 9.69 Å². The van der Waals surface area contributed by atoms with Crippen LogP contribution in [0.25, 0.3) is 5.69 Å². The SMILES string of the molecule is COc1cn(-c2cccc(C(F)(F)F)c2)nc1C(=O)NCC(C1CCOC1)N1CCOCC1. The molecule has 0 bridgehead atoms. The van der Waals surface area contributed by atoms with E-state index in [-0.39, 0.29) is 23.2 Å². The summed E-state index contributed by atoms with van der Waals surface area (Å²) < 4.78 is 56.7. The number of methoxy groups -OCH3 is 1. The number of aromatic nitrogens is 2. The molecule has 0 aliphatic carbocycles. The minimum absolute atomic E-state index is 0.0123. The summed E-state index contributed by atoms with van der Waals surface area (Å²) in [4.78, 5) is 15.3. The molecule has 2 aromatic rings. The summed E-state index contributed by atoms with van der Waals surface area (Å²) in [6.07, 6.45) is -2.16. The lowest BCUT2D eigenvalue weighted by atomic mass is 9.97. The minimum atomic E-state index is -4.48. The Balaban J connectivity index is 1.50. The van der Waals surface area contributed by atoms with Gasteiger partial charge in [0.15, 0.2) is 11.4 Å². The Labute approximate surface area is 189 Å². The first kappa shape index (κ1) is 23.5. The number of hydrogen-bond donors (Lipinski definition) is 1. The summed E-state index contributed by atoms with van der Waals surface area (Å²) in [6, 6.07) is 4.83. The zero-order valence-electron chi connectivity index (χ0n) is 18.3. The second-order valence-electron chi connectivity index (χ2n) is 8.09. The molecule has 2 aliphatic rings. The third kappa shape index (κ3) is 5.48. The molecule has 11 heteroatoms. The fourth-order valence-electron chi connectivity index (χ4n) is 4.26. The number of carbonyl (C=O) groups excluding carboxylic acids is 1. The number of alkyl halides is 3. The molecular formula is C22H27F3N4O4. The van der Waals surface area contributed by atoms with Crippen molar-refractivity contribution in [3.63, 3.8) is 0 Å². The van der Waals surface area contributed by atoms with Crippen LogP contribution in [0.1, 0.15) is 22.5 Å². The highest BCUT2D eigenvalue weighted by atomic mass is 19.4. The normalized spacial score (nSPS) is 20.5. The molecule has 2 aliphatic heterocycles. The second-order valence-corrected chi connectivity index (χ2v) is 8.09. The monoisotopic (exact) mass is 468 g/mol. The van der Waals surface area contributed by atoms with Crippen molar-refractivity contribution in [2.24, 2.45) is 5.92 Å². The summed E-state index contributed by atoms with van der Waals surface area (Å²) in [6.45, 7) is 4.60. The zero-order valence-corrected chi connectivity index (χ0v) is 18.3. The molecule has 2 unspecified atom stereocenters. The van der Waals surface area contributed by atoms with E-state index in [0.717, 1.165) is 31.6 Å². The van der Waals surface area contributed by atoms with Crippen molar-refractivity contribution in [3.05, 3.63) is 41.7 Å². The number of ether oxygens (including phenoxy) is 3. The standard InChI is InChI=1S/C22H27F3N4O4/c1-31-19-13-29(17-4-2-3-16(11-17)22(23,24)25)27-20(19)21(30)26-12-18(15-5-8-33-14-15)28-6-9-32-10-7-28/h2-4,11,13,15,18H,5-10,12,14H2,1H3,(H,26,30). The van der Waals surface area contributed by atoms with Crippen LogP contribution in [0.15, 0.2) is 30.5 Å². The van der Waals surface area contributed by atoms with Crippen LogP contribution in [-0.4, -0.2) is 79.8 Å². The molecule has 180 valence electrons. The summed E-state index contributed by atoms with van der Waals surface area (Å²) in [5.74, 6) is 0.0275. The number of nitrogens with one attached hydrogen (secondary N) is 1. The Kier molecular flexibility index (Phi) is 7.20. The summed E-state index contributed by atoms with van der Waals surface area (Å²) in [7, 11) is 1.39. The van der Waals surface area contributed by atoms with Gasteiger partial charge in [-0.15, -0.1) is 0 Å². The van der Waals surface area contributed by atoms with Crippen LogP contribution in [0.2, 0.25) is 0 Å². The van der Waals surface area contributed by atoms with E-state index in [4.69, 9.17) is 14.2 Å². The molecular weight excluding hydrogens is 441 g/mol. The quantitative estimate of drug-likeness (QED) is 0.673. The van der Waals surface area contributed by atoms with Gasteiger partial charge in [-0.2, -0.15) is 18.3 Å². The minimum Gasteiger partial charge on any atom is -0.493 e. The van der Waals surface area contributed by atoms with Gasteiger partial charge < -0.3 is 19.5 Å². The van der Waals surface area contributed by atoms with Crippen LogP contribution in [0.4, 0.5) is 13.2 Å². The van der Waals surface area contributed by atoms with E-state index < -0.39 is 17.6 Å². The largest absolute Gasteiger partial charge is 0.493 e. The molecule has 33 heavy (non-hydrogen) atoms. The lowest BCUT2D eigenvalue weighted by Gasteiger charge is -2.37. The van der Waals surface area contributed by atoms with E-state index in [0.29, 0.717) is 38.9 Å². The molecule has 2 atom stereocenters. The average Bonchev–Trinajstić information content (AvgIpc) is 3.50. The first-order chi connectivity index (χ1) is 15.9. The van der Waals surface area contributed by atoms with Crippen LogP contribution in [0, 0.1) is 5.92 Å². The maximum Gasteiger partial charge on any atom is 0.416 e. The van der Waals surface area contributed by atoms with E-state index in [1.54, 1.807) is 0 Å². The maximum absolute atomic E-state index is 13.1. The van der Waals surface area contributed by atoms with E-state index in [1.807, 2.05) is 0 Å². The van der Waals surface area contributed by atoms with E-state index in [1.165, 1.54) is 30.1 Å². The number of rotatable bonds is 7. The smallest absolute Gasteiger partial charge is 0.416 e. The topological polar surface area (TPSA) is 77.9 Å². The Hall–Kier alpha value is -2.63. The van der Waals surface area contributed by atoms with Crippen molar-refractivity contribution in [3.8, 4) is 11.4 Å². The maximum atomic E-state index is 13.1. The van der Waals surface area contributed by atoms with Crippen molar-refractivity contribution >= 4 is 5.91 Å². The van der Waals surface area contributed by atoms with Crippen molar-refractivity contribution in [2.75, 3.05) is 53.2 Å². The third-order valence-electron chi connectivity index (χ3n) is 6.05. The molecule has 2 saturated heterocycles. The van der Waals surface area contributed by atoms with Gasteiger partial charge in [0.25, 0.3) is 5.91 Å². The molecule has 2 fully saturated rings. The molecule has 1 amide bonds. The zero-order chi connectivity index (χ0) is 23.4.